The second kappa shape index (κ2) is 1.50. The molecule has 0 N–H and O–H groups in total. The van der Waals surface area contributed by atoms with E-state index in [0.29, 0.717) is 6.04 Å². The molecule has 1 atom stereocenters. The monoisotopic (exact) mass is 124 g/mol. The lowest BCUT2D eigenvalue weighted by Gasteiger charge is -1.96. The predicted molar refractivity (Wildman–Crippen MR) is 32.4 cm³/mol. The second-order valence-electron chi connectivity index (χ2n) is 2.27. The summed E-state index contributed by atoms with van der Waals surface area (Å²) >= 11 is 0. The van der Waals surface area contributed by atoms with Gasteiger partial charge in [0.1, 0.15) is 6.61 Å². The van der Waals surface area contributed by atoms with Crippen LogP contribution in [-0.2, 0) is 0 Å². The Kier molecular flexibility index (Phi) is 0.806. The van der Waals surface area contributed by atoms with Crippen LogP contribution in [0.2, 0.25) is 0 Å². The summed E-state index contributed by atoms with van der Waals surface area (Å²) in [6.07, 6.45) is 1.75. The van der Waals surface area contributed by atoms with Crippen molar-refractivity contribution in [1.29, 1.82) is 0 Å². The lowest BCUT2D eigenvalue weighted by Crippen LogP contribution is -2.02. The molecule has 0 amide bonds. The Hall–Kier alpha value is -0.990. The van der Waals surface area contributed by atoms with Crippen LogP contribution < -0.4 is 4.74 Å². The van der Waals surface area contributed by atoms with Gasteiger partial charge in [0.25, 0.3) is 0 Å². The lowest BCUT2D eigenvalue weighted by atomic mass is 10.4. The standard InChI is InChI=1S/C6H8N2O/c1-5-4-9-6-2-3-7-8(5)6/h2-3,5H,4H2,1H3. The van der Waals surface area contributed by atoms with E-state index in [1.54, 1.807) is 6.20 Å². The zero-order chi connectivity index (χ0) is 6.27. The van der Waals surface area contributed by atoms with E-state index in [-0.39, 0.29) is 0 Å². The fourth-order valence-electron chi connectivity index (χ4n) is 1.02. The van der Waals surface area contributed by atoms with E-state index < -0.39 is 0 Å². The molecule has 1 aromatic rings. The molecule has 0 fully saturated rings. The summed E-state index contributed by atoms with van der Waals surface area (Å²) in [5, 5.41) is 4.07. The van der Waals surface area contributed by atoms with Crippen molar-refractivity contribution in [3.05, 3.63) is 12.3 Å². The van der Waals surface area contributed by atoms with Crippen molar-refractivity contribution in [2.45, 2.75) is 13.0 Å². The SMILES string of the molecule is CC1COc2ccnn21. The van der Waals surface area contributed by atoms with E-state index in [1.807, 2.05) is 10.7 Å². The van der Waals surface area contributed by atoms with E-state index in [2.05, 4.69) is 12.0 Å². The largest absolute Gasteiger partial charge is 0.476 e. The second-order valence-corrected chi connectivity index (χ2v) is 2.27. The first kappa shape index (κ1) is 4.85. The van der Waals surface area contributed by atoms with Crippen molar-refractivity contribution in [3.63, 3.8) is 0 Å². The first-order chi connectivity index (χ1) is 4.38. The Labute approximate surface area is 53.2 Å². The molecule has 0 saturated carbocycles. The van der Waals surface area contributed by atoms with Gasteiger partial charge in [0.2, 0.25) is 5.88 Å². The maximum atomic E-state index is 5.25. The van der Waals surface area contributed by atoms with E-state index in [4.69, 9.17) is 4.74 Å². The van der Waals surface area contributed by atoms with Gasteiger partial charge in [-0.05, 0) is 6.92 Å². The van der Waals surface area contributed by atoms with Crippen molar-refractivity contribution in [1.82, 2.24) is 9.78 Å². The Bertz CT molecular complexity index is 219. The first-order valence-electron chi connectivity index (χ1n) is 3.04. The Balaban J connectivity index is 2.49. The smallest absolute Gasteiger partial charge is 0.212 e. The van der Waals surface area contributed by atoms with Crippen LogP contribution in [0.3, 0.4) is 0 Å². The van der Waals surface area contributed by atoms with Crippen LogP contribution in [0.1, 0.15) is 13.0 Å². The first-order valence-corrected chi connectivity index (χ1v) is 3.04. The third kappa shape index (κ3) is 0.542. The normalized spacial score (nSPS) is 23.4. The zero-order valence-electron chi connectivity index (χ0n) is 5.24. The highest BCUT2D eigenvalue weighted by Gasteiger charge is 2.18. The molecule has 3 nitrogen and oxygen atoms in total. The van der Waals surface area contributed by atoms with Crippen LogP contribution in [0.5, 0.6) is 5.88 Å². The van der Waals surface area contributed by atoms with Gasteiger partial charge in [-0.1, -0.05) is 0 Å². The zero-order valence-corrected chi connectivity index (χ0v) is 5.24. The summed E-state index contributed by atoms with van der Waals surface area (Å²) in [5.74, 6) is 0.891. The summed E-state index contributed by atoms with van der Waals surface area (Å²) in [6, 6.07) is 2.29. The molecule has 0 saturated heterocycles. The summed E-state index contributed by atoms with van der Waals surface area (Å²) < 4.78 is 7.14. The van der Waals surface area contributed by atoms with Gasteiger partial charge < -0.3 is 4.74 Å². The van der Waals surface area contributed by atoms with Crippen molar-refractivity contribution >= 4 is 0 Å². The minimum atomic E-state index is 0.412. The Morgan fingerprint density at radius 3 is 3.56 bits per heavy atom. The highest BCUT2D eigenvalue weighted by atomic mass is 16.5. The molecular weight excluding hydrogens is 116 g/mol. The molecule has 0 aliphatic carbocycles. The van der Waals surface area contributed by atoms with Crippen LogP contribution in [0.4, 0.5) is 0 Å². The van der Waals surface area contributed by atoms with Crippen LogP contribution in [0.25, 0.3) is 0 Å². The number of fused-ring (bicyclic) bond motifs is 1. The Morgan fingerprint density at radius 2 is 2.78 bits per heavy atom. The maximum absolute atomic E-state index is 5.25. The van der Waals surface area contributed by atoms with Crippen molar-refractivity contribution in [2.75, 3.05) is 6.61 Å². The third-order valence-electron chi connectivity index (χ3n) is 1.52. The van der Waals surface area contributed by atoms with Gasteiger partial charge in [0, 0.05) is 6.07 Å². The average Bonchev–Trinajstić information content (AvgIpc) is 2.35. The Morgan fingerprint density at radius 1 is 1.89 bits per heavy atom. The summed E-state index contributed by atoms with van der Waals surface area (Å²) in [7, 11) is 0. The van der Waals surface area contributed by atoms with Gasteiger partial charge in [0.05, 0.1) is 12.2 Å². The van der Waals surface area contributed by atoms with Gasteiger partial charge >= 0.3 is 0 Å². The fraction of sp³-hybridized carbons (Fsp3) is 0.500. The number of nitrogens with zero attached hydrogens (tertiary/aromatic N) is 2. The summed E-state index contributed by atoms with van der Waals surface area (Å²) in [4.78, 5) is 0. The maximum Gasteiger partial charge on any atom is 0.212 e. The molecule has 9 heavy (non-hydrogen) atoms. The van der Waals surface area contributed by atoms with Gasteiger partial charge in [-0.3, -0.25) is 0 Å². The highest BCUT2D eigenvalue weighted by Crippen LogP contribution is 2.22. The molecule has 2 rings (SSSR count). The molecule has 3 heteroatoms. The van der Waals surface area contributed by atoms with E-state index in [1.165, 1.54) is 0 Å². The van der Waals surface area contributed by atoms with Gasteiger partial charge in [-0.15, -0.1) is 0 Å². The van der Waals surface area contributed by atoms with E-state index >= 15 is 0 Å². The molecular formula is C6H8N2O. The molecule has 0 aromatic carbocycles. The van der Waals surface area contributed by atoms with Gasteiger partial charge in [-0.25, -0.2) is 4.68 Å². The van der Waals surface area contributed by atoms with Crippen LogP contribution in [0.15, 0.2) is 12.3 Å². The topological polar surface area (TPSA) is 27.1 Å². The van der Waals surface area contributed by atoms with Crippen LogP contribution in [0, 0.1) is 0 Å². The number of aromatic nitrogens is 2. The van der Waals surface area contributed by atoms with Crippen molar-refractivity contribution in [2.24, 2.45) is 0 Å². The highest BCUT2D eigenvalue weighted by molar-refractivity contribution is 5.11. The average molecular weight is 124 g/mol. The number of hydrogen-bond acceptors (Lipinski definition) is 2. The molecule has 0 spiro atoms. The van der Waals surface area contributed by atoms with Crippen molar-refractivity contribution in [3.8, 4) is 5.88 Å². The molecule has 0 radical (unpaired) electrons. The minimum Gasteiger partial charge on any atom is -0.476 e. The molecule has 1 aliphatic heterocycles. The van der Waals surface area contributed by atoms with Crippen LogP contribution in [-0.4, -0.2) is 16.4 Å². The predicted octanol–water partition coefficient (Wildman–Crippen LogP) is 0.837. The fourth-order valence-corrected chi connectivity index (χ4v) is 1.02. The molecule has 1 aromatic heterocycles. The summed E-state index contributed by atoms with van der Waals surface area (Å²) in [6.45, 7) is 2.85. The number of ether oxygens (including phenoxy) is 1. The number of hydrogen-bond donors (Lipinski definition) is 0. The molecule has 0 bridgehead atoms. The number of rotatable bonds is 0. The minimum absolute atomic E-state index is 0.412. The van der Waals surface area contributed by atoms with E-state index in [0.717, 1.165) is 12.5 Å². The quantitative estimate of drug-likeness (QED) is 0.512. The third-order valence-corrected chi connectivity index (χ3v) is 1.52. The van der Waals surface area contributed by atoms with Gasteiger partial charge in [-0.2, -0.15) is 5.10 Å². The molecule has 1 unspecified atom stereocenters. The molecule has 48 valence electrons. The van der Waals surface area contributed by atoms with Gasteiger partial charge in [0.15, 0.2) is 0 Å². The summed E-state index contributed by atoms with van der Waals surface area (Å²) in [5.41, 5.74) is 0. The lowest BCUT2D eigenvalue weighted by molar-refractivity contribution is 0.333. The molecule has 1 aliphatic rings. The van der Waals surface area contributed by atoms with E-state index in [9.17, 15) is 0 Å². The van der Waals surface area contributed by atoms with Crippen molar-refractivity contribution < 1.29 is 4.74 Å². The van der Waals surface area contributed by atoms with Crippen LogP contribution >= 0.6 is 0 Å². The molecule has 2 heterocycles.